The number of hydrogen-bond donors (Lipinski definition) is 2. The predicted molar refractivity (Wildman–Crippen MR) is 133 cm³/mol. The zero-order valence-corrected chi connectivity index (χ0v) is 21.0. The van der Waals surface area contributed by atoms with Gasteiger partial charge in [0, 0.05) is 0 Å². The Hall–Kier alpha value is -3.15. The summed E-state index contributed by atoms with van der Waals surface area (Å²) in [6, 6.07) is 34.4. The lowest BCUT2D eigenvalue weighted by Crippen LogP contribution is -3.00. The summed E-state index contributed by atoms with van der Waals surface area (Å²) in [6.45, 7) is 0. The number of carbonyl (C=O) groups is 1. The van der Waals surface area contributed by atoms with Crippen molar-refractivity contribution in [1.29, 1.82) is 0 Å². The van der Waals surface area contributed by atoms with E-state index in [4.69, 9.17) is 0 Å². The summed E-state index contributed by atoms with van der Waals surface area (Å²) in [5.41, 5.74) is 4.64. The standard InChI is InChI=1S/C27H22F3N2OP.BrH/c28-27(29,30)21-11-10-12-22(19-21)31-32-26(33)20-34(23-13-4-1-5-14-23,24-15-6-2-7-16-24)25-17-8-3-9-18-25;/h1-19,31H,20H2;1H. The molecule has 0 heterocycles. The second kappa shape index (κ2) is 11.5. The molecule has 8 heteroatoms. The monoisotopic (exact) mass is 558 g/mol. The number of alkyl halides is 3. The summed E-state index contributed by atoms with van der Waals surface area (Å²) in [5, 5.41) is 3.13. The number of amides is 1. The molecule has 0 bridgehead atoms. The van der Waals surface area contributed by atoms with Crippen LogP contribution in [0.5, 0.6) is 0 Å². The van der Waals surface area contributed by atoms with Crippen LogP contribution < -0.4 is 43.7 Å². The molecule has 2 N–H and O–H groups in total. The number of anilines is 1. The fraction of sp³-hybridized carbons (Fsp3) is 0.0741. The highest BCUT2D eigenvalue weighted by Gasteiger charge is 2.47. The molecule has 0 unspecified atom stereocenters. The number of rotatable bonds is 7. The molecule has 0 atom stereocenters. The number of nitrogens with one attached hydrogen (secondary N) is 2. The first kappa shape index (κ1) is 26.5. The highest BCUT2D eigenvalue weighted by atomic mass is 79.9. The maximum atomic E-state index is 13.3. The van der Waals surface area contributed by atoms with Crippen LogP contribution in [0.15, 0.2) is 115 Å². The van der Waals surface area contributed by atoms with E-state index in [1.807, 2.05) is 91.0 Å². The van der Waals surface area contributed by atoms with Crippen LogP contribution in [0.2, 0.25) is 0 Å². The van der Waals surface area contributed by atoms with Crippen LogP contribution in [0.3, 0.4) is 0 Å². The van der Waals surface area contributed by atoms with Crippen molar-refractivity contribution < 1.29 is 34.9 Å². The van der Waals surface area contributed by atoms with Crippen molar-refractivity contribution in [3.05, 3.63) is 121 Å². The van der Waals surface area contributed by atoms with E-state index in [-0.39, 0.29) is 34.7 Å². The lowest BCUT2D eigenvalue weighted by atomic mass is 10.2. The smallest absolute Gasteiger partial charge is 0.416 e. The first-order valence-corrected chi connectivity index (χ1v) is 12.6. The van der Waals surface area contributed by atoms with Crippen LogP contribution >= 0.6 is 7.26 Å². The Morgan fingerprint density at radius 3 is 1.57 bits per heavy atom. The van der Waals surface area contributed by atoms with Crippen molar-refractivity contribution in [2.75, 3.05) is 11.6 Å². The molecule has 35 heavy (non-hydrogen) atoms. The van der Waals surface area contributed by atoms with Crippen LogP contribution in [-0.2, 0) is 11.0 Å². The highest BCUT2D eigenvalue weighted by Crippen LogP contribution is 2.55. The van der Waals surface area contributed by atoms with E-state index < -0.39 is 19.0 Å². The highest BCUT2D eigenvalue weighted by molar-refractivity contribution is 7.96. The van der Waals surface area contributed by atoms with E-state index in [1.165, 1.54) is 12.1 Å². The van der Waals surface area contributed by atoms with Crippen molar-refractivity contribution in [2.45, 2.75) is 6.18 Å². The Balaban J connectivity index is 0.00000342. The van der Waals surface area contributed by atoms with Crippen LogP contribution in [0, 0.1) is 0 Å². The SMILES string of the molecule is O=C(C[P+](c1ccccc1)(c1ccccc1)c1ccccc1)NNc1cccc(C(F)(F)F)c1.[Br-]. The summed E-state index contributed by atoms with van der Waals surface area (Å²) in [4.78, 5) is 13.3. The lowest BCUT2D eigenvalue weighted by molar-refractivity contribution is -0.137. The molecule has 0 aliphatic carbocycles. The molecule has 0 saturated carbocycles. The van der Waals surface area contributed by atoms with Gasteiger partial charge >= 0.3 is 6.18 Å². The van der Waals surface area contributed by atoms with Gasteiger partial charge < -0.3 is 17.0 Å². The molecule has 0 spiro atoms. The zero-order chi connectivity index (χ0) is 24.0. The van der Waals surface area contributed by atoms with Gasteiger partial charge in [-0.25, -0.2) is 0 Å². The maximum absolute atomic E-state index is 13.3. The Labute approximate surface area is 213 Å². The molecule has 0 fully saturated rings. The lowest BCUT2D eigenvalue weighted by Gasteiger charge is -2.27. The molecular weight excluding hydrogens is 536 g/mol. The molecule has 1 amide bonds. The minimum atomic E-state index is -4.46. The number of halogens is 4. The van der Waals surface area contributed by atoms with Crippen LogP contribution in [0.4, 0.5) is 18.9 Å². The van der Waals surface area contributed by atoms with Crippen LogP contribution in [0.1, 0.15) is 5.56 Å². The largest absolute Gasteiger partial charge is 1.00 e. The number of benzene rings is 4. The van der Waals surface area contributed by atoms with Gasteiger partial charge in [0.1, 0.15) is 23.2 Å². The summed E-state index contributed by atoms with van der Waals surface area (Å²) in [5.74, 6) is -0.317. The molecule has 4 rings (SSSR count). The molecule has 0 aliphatic rings. The van der Waals surface area contributed by atoms with E-state index in [2.05, 4.69) is 10.9 Å². The van der Waals surface area contributed by atoms with Gasteiger partial charge in [0.05, 0.1) is 11.3 Å². The number of hydrogen-bond acceptors (Lipinski definition) is 2. The van der Waals surface area contributed by atoms with E-state index in [0.717, 1.165) is 28.0 Å². The van der Waals surface area contributed by atoms with Crippen molar-refractivity contribution in [2.24, 2.45) is 0 Å². The number of hydrazine groups is 1. The maximum Gasteiger partial charge on any atom is 0.416 e. The third kappa shape index (κ3) is 6.11. The number of carbonyl (C=O) groups excluding carboxylic acids is 1. The fourth-order valence-corrected chi connectivity index (χ4v) is 7.93. The second-order valence-corrected chi connectivity index (χ2v) is 11.2. The van der Waals surface area contributed by atoms with Gasteiger partial charge in [-0.2, -0.15) is 13.2 Å². The minimum absolute atomic E-state index is 0. The predicted octanol–water partition coefficient (Wildman–Crippen LogP) is 2.15. The molecule has 0 aliphatic heterocycles. The normalized spacial score (nSPS) is 11.3. The molecule has 180 valence electrons. The van der Waals surface area contributed by atoms with Crippen LogP contribution in [-0.4, -0.2) is 12.1 Å². The molecule has 4 aromatic carbocycles. The van der Waals surface area contributed by atoms with Crippen LogP contribution in [0.25, 0.3) is 0 Å². The topological polar surface area (TPSA) is 41.1 Å². The van der Waals surface area contributed by atoms with Gasteiger partial charge in [-0.15, -0.1) is 0 Å². The molecular formula is C27H23BrF3N2OP. The summed E-state index contributed by atoms with van der Waals surface area (Å²) in [7, 11) is -2.40. The quantitative estimate of drug-likeness (QED) is 0.269. The average molecular weight is 559 g/mol. The van der Waals surface area contributed by atoms with E-state index >= 15 is 0 Å². The van der Waals surface area contributed by atoms with Crippen molar-refractivity contribution in [1.82, 2.24) is 5.43 Å². The van der Waals surface area contributed by atoms with Gasteiger partial charge in [-0.1, -0.05) is 60.7 Å². The molecule has 0 aromatic heterocycles. The second-order valence-electron chi connectivity index (χ2n) is 7.73. The van der Waals surface area contributed by atoms with Crippen molar-refractivity contribution >= 4 is 34.8 Å². The Morgan fingerprint density at radius 2 is 1.14 bits per heavy atom. The first-order chi connectivity index (χ1) is 16.4. The van der Waals surface area contributed by atoms with Gasteiger partial charge in [-0.05, 0) is 54.6 Å². The minimum Gasteiger partial charge on any atom is -1.00 e. The average Bonchev–Trinajstić information content (AvgIpc) is 2.87. The Kier molecular flexibility index (Phi) is 8.71. The molecule has 0 radical (unpaired) electrons. The van der Waals surface area contributed by atoms with E-state index in [1.54, 1.807) is 0 Å². The van der Waals surface area contributed by atoms with Gasteiger partial charge in [0.15, 0.2) is 6.16 Å². The van der Waals surface area contributed by atoms with Gasteiger partial charge in [0.25, 0.3) is 5.91 Å². The Morgan fingerprint density at radius 1 is 0.686 bits per heavy atom. The summed E-state index contributed by atoms with van der Waals surface area (Å²) >= 11 is 0. The molecule has 0 saturated heterocycles. The van der Waals surface area contributed by atoms with Gasteiger partial charge in [0.2, 0.25) is 0 Å². The zero-order valence-electron chi connectivity index (χ0n) is 18.5. The fourth-order valence-electron chi connectivity index (χ4n) is 3.94. The molecule has 4 aromatic rings. The van der Waals surface area contributed by atoms with Crippen molar-refractivity contribution in [3.63, 3.8) is 0 Å². The van der Waals surface area contributed by atoms with E-state index in [9.17, 15) is 18.0 Å². The third-order valence-corrected chi connectivity index (χ3v) is 9.81. The third-order valence-electron chi connectivity index (χ3n) is 5.51. The Bertz CT molecular complexity index is 1140. The van der Waals surface area contributed by atoms with Gasteiger partial charge in [-0.3, -0.25) is 15.6 Å². The summed E-state index contributed by atoms with van der Waals surface area (Å²) < 4.78 is 39.1. The first-order valence-electron chi connectivity index (χ1n) is 10.7. The van der Waals surface area contributed by atoms with Crippen molar-refractivity contribution in [3.8, 4) is 0 Å². The summed E-state index contributed by atoms with van der Waals surface area (Å²) in [6.07, 6.45) is -4.31. The molecule has 3 nitrogen and oxygen atoms in total. The van der Waals surface area contributed by atoms with E-state index in [0.29, 0.717) is 0 Å².